The molecule has 2 bridgehead atoms. The molecule has 2 aromatic rings. The Morgan fingerprint density at radius 1 is 0.971 bits per heavy atom. The Morgan fingerprint density at radius 2 is 1.71 bits per heavy atom. The number of hydrogen-bond acceptors (Lipinski definition) is 4. The molecule has 0 aliphatic carbocycles. The maximum absolute atomic E-state index is 13.5. The highest BCUT2D eigenvalue weighted by molar-refractivity contribution is 6.30. The summed E-state index contributed by atoms with van der Waals surface area (Å²) in [6, 6.07) is 15.8. The van der Waals surface area contributed by atoms with Gasteiger partial charge in [0.1, 0.15) is 5.75 Å². The van der Waals surface area contributed by atoms with Crippen LogP contribution in [0.2, 0.25) is 5.02 Å². The molecule has 188 valence electrons. The number of ether oxygens (including phenoxy) is 1. The second-order valence-electron chi connectivity index (χ2n) is 9.40. The van der Waals surface area contributed by atoms with Crippen LogP contribution in [-0.2, 0) is 16.1 Å². The van der Waals surface area contributed by atoms with E-state index in [0.29, 0.717) is 48.9 Å². The van der Waals surface area contributed by atoms with Crippen molar-refractivity contribution >= 4 is 29.1 Å². The molecule has 1 saturated heterocycles. The van der Waals surface area contributed by atoms with Crippen molar-refractivity contribution in [3.05, 3.63) is 59.1 Å². The molecule has 0 radical (unpaired) electrons. The summed E-state index contributed by atoms with van der Waals surface area (Å²) in [5.41, 5.74) is 1.91. The van der Waals surface area contributed by atoms with Gasteiger partial charge >= 0.3 is 0 Å². The number of hydrogen-bond donors (Lipinski definition) is 0. The molecule has 35 heavy (non-hydrogen) atoms. The van der Waals surface area contributed by atoms with Gasteiger partial charge in [-0.05, 0) is 61.7 Å². The van der Waals surface area contributed by atoms with Crippen LogP contribution in [0.25, 0.3) is 0 Å². The molecule has 2 heterocycles. The van der Waals surface area contributed by atoms with Crippen molar-refractivity contribution in [2.24, 2.45) is 0 Å². The van der Waals surface area contributed by atoms with Crippen LogP contribution in [0, 0.1) is 0 Å². The molecule has 1 fully saturated rings. The van der Waals surface area contributed by atoms with E-state index < -0.39 is 0 Å². The molecule has 2 aliphatic rings. The van der Waals surface area contributed by atoms with Crippen LogP contribution >= 0.6 is 11.6 Å². The Labute approximate surface area is 213 Å². The largest absolute Gasteiger partial charge is 0.484 e. The van der Waals surface area contributed by atoms with Gasteiger partial charge in [-0.15, -0.1) is 0 Å². The van der Waals surface area contributed by atoms with Gasteiger partial charge in [-0.2, -0.15) is 0 Å². The van der Waals surface area contributed by atoms with Crippen LogP contribution in [0.1, 0.15) is 51.5 Å². The number of halogens is 1. The van der Waals surface area contributed by atoms with Crippen molar-refractivity contribution in [1.82, 2.24) is 9.80 Å². The monoisotopic (exact) mass is 497 g/mol. The summed E-state index contributed by atoms with van der Waals surface area (Å²) in [5, 5.41) is 0.630. The summed E-state index contributed by atoms with van der Waals surface area (Å²) in [7, 11) is 0. The van der Waals surface area contributed by atoms with Gasteiger partial charge in [0.2, 0.25) is 5.91 Å². The van der Waals surface area contributed by atoms with Gasteiger partial charge in [-0.25, -0.2) is 0 Å². The normalized spacial score (nSPS) is 21.1. The fourth-order valence-electron chi connectivity index (χ4n) is 5.48. The minimum atomic E-state index is -0.0551. The average Bonchev–Trinajstić information content (AvgIpc) is 2.89. The van der Waals surface area contributed by atoms with E-state index in [1.807, 2.05) is 41.0 Å². The van der Waals surface area contributed by atoms with Gasteiger partial charge < -0.3 is 14.5 Å². The van der Waals surface area contributed by atoms with E-state index in [-0.39, 0.29) is 18.4 Å². The summed E-state index contributed by atoms with van der Waals surface area (Å²) < 4.78 is 5.82. The molecule has 6 nitrogen and oxygen atoms in total. The van der Waals surface area contributed by atoms with Crippen LogP contribution in [0.4, 0.5) is 5.69 Å². The minimum absolute atomic E-state index is 0.0380. The zero-order chi connectivity index (χ0) is 24.8. The number of carbonyl (C=O) groups is 2. The van der Waals surface area contributed by atoms with Gasteiger partial charge in [-0.1, -0.05) is 50.1 Å². The van der Waals surface area contributed by atoms with E-state index in [2.05, 4.69) is 11.8 Å². The van der Waals surface area contributed by atoms with Crippen molar-refractivity contribution in [3.63, 3.8) is 0 Å². The summed E-state index contributed by atoms with van der Waals surface area (Å²) >= 11 is 5.98. The summed E-state index contributed by atoms with van der Waals surface area (Å²) in [5.74, 6) is 0.685. The fraction of sp³-hybridized carbons (Fsp3) is 0.500. The first-order valence-corrected chi connectivity index (χ1v) is 13.2. The van der Waals surface area contributed by atoms with Crippen molar-refractivity contribution in [2.45, 2.75) is 64.6 Å². The van der Waals surface area contributed by atoms with Crippen LogP contribution in [0.15, 0.2) is 48.5 Å². The number of anilines is 1. The fourth-order valence-corrected chi connectivity index (χ4v) is 5.61. The zero-order valence-corrected chi connectivity index (χ0v) is 21.5. The van der Waals surface area contributed by atoms with Crippen molar-refractivity contribution in [2.75, 3.05) is 31.1 Å². The number of piperidine rings is 1. The van der Waals surface area contributed by atoms with E-state index in [1.165, 1.54) is 0 Å². The predicted octanol–water partition coefficient (Wildman–Crippen LogP) is 5.14. The molecule has 2 atom stereocenters. The Bertz CT molecular complexity index is 1010. The summed E-state index contributed by atoms with van der Waals surface area (Å²) in [6.07, 6.45) is 4.75. The molecule has 0 spiro atoms. The highest BCUT2D eigenvalue weighted by atomic mass is 35.5. The molecule has 2 unspecified atom stereocenters. The highest BCUT2D eigenvalue weighted by Gasteiger charge is 2.33. The third-order valence-corrected chi connectivity index (χ3v) is 7.52. The lowest BCUT2D eigenvalue weighted by Gasteiger charge is -2.43. The van der Waals surface area contributed by atoms with E-state index in [1.54, 1.807) is 24.3 Å². The standard InChI is InChI=1S/C28H36ClN3O3/c1-3-27(33)32-17-16-23-9-7-10-24(31(23)4-2)19-30(18-21-8-5-6-11-26(21)32)28(34)20-35-25-14-12-22(29)13-15-25/h5-6,8,11-15,23-24H,3-4,7,9-10,16-20H2,1-2H3. The molecular weight excluding hydrogens is 462 g/mol. The highest BCUT2D eigenvalue weighted by Crippen LogP contribution is 2.30. The van der Waals surface area contributed by atoms with Crippen molar-refractivity contribution in [3.8, 4) is 5.75 Å². The second-order valence-corrected chi connectivity index (χ2v) is 9.84. The third kappa shape index (κ3) is 6.17. The van der Waals surface area contributed by atoms with E-state index >= 15 is 0 Å². The number of para-hydroxylation sites is 1. The SMILES string of the molecule is CCC(=O)N1CCC2CCCC(CN(C(=O)COc3ccc(Cl)cc3)Cc3ccccc31)N2CC. The lowest BCUT2D eigenvalue weighted by molar-refractivity contribution is -0.135. The molecule has 4 rings (SSSR count). The van der Waals surface area contributed by atoms with Gasteiger partial charge in [0.25, 0.3) is 5.91 Å². The van der Waals surface area contributed by atoms with Crippen LogP contribution in [-0.4, -0.2) is 59.9 Å². The lowest BCUT2D eigenvalue weighted by Crippen LogP contribution is -2.53. The summed E-state index contributed by atoms with van der Waals surface area (Å²) in [4.78, 5) is 32.9. The van der Waals surface area contributed by atoms with Gasteiger partial charge in [0, 0.05) is 48.8 Å². The molecule has 2 amide bonds. The number of rotatable bonds is 5. The second kappa shape index (κ2) is 11.9. The molecule has 7 heteroatoms. The first kappa shape index (κ1) is 25.5. The van der Waals surface area contributed by atoms with Gasteiger partial charge in [0.15, 0.2) is 6.61 Å². The third-order valence-electron chi connectivity index (χ3n) is 7.27. The first-order chi connectivity index (χ1) is 17.0. The Morgan fingerprint density at radius 3 is 2.46 bits per heavy atom. The Kier molecular flexibility index (Phi) is 8.69. The minimum Gasteiger partial charge on any atom is -0.484 e. The molecule has 0 saturated carbocycles. The Balaban J connectivity index is 1.64. The van der Waals surface area contributed by atoms with Crippen molar-refractivity contribution < 1.29 is 14.3 Å². The maximum atomic E-state index is 13.5. The number of likely N-dealkylation sites (N-methyl/N-ethyl adjacent to an activating group) is 1. The number of carbonyl (C=O) groups excluding carboxylic acids is 2. The van der Waals surface area contributed by atoms with Crippen molar-refractivity contribution in [1.29, 1.82) is 0 Å². The number of nitrogens with zero attached hydrogens (tertiary/aromatic N) is 3. The van der Waals surface area contributed by atoms with Crippen LogP contribution in [0.3, 0.4) is 0 Å². The zero-order valence-electron chi connectivity index (χ0n) is 20.8. The number of benzene rings is 2. The van der Waals surface area contributed by atoms with E-state index in [9.17, 15) is 9.59 Å². The predicted molar refractivity (Wildman–Crippen MR) is 140 cm³/mol. The molecule has 2 aliphatic heterocycles. The summed E-state index contributed by atoms with van der Waals surface area (Å²) in [6.45, 7) is 6.82. The van der Waals surface area contributed by atoms with Gasteiger partial charge in [0.05, 0.1) is 0 Å². The smallest absolute Gasteiger partial charge is 0.260 e. The maximum Gasteiger partial charge on any atom is 0.260 e. The molecule has 0 aromatic heterocycles. The average molecular weight is 498 g/mol. The Hall–Kier alpha value is -2.57. The van der Waals surface area contributed by atoms with Crippen LogP contribution in [0.5, 0.6) is 5.75 Å². The molecular formula is C28H36ClN3O3. The first-order valence-electron chi connectivity index (χ1n) is 12.8. The molecule has 2 aromatic carbocycles. The van der Waals surface area contributed by atoms with Gasteiger partial charge in [-0.3, -0.25) is 14.5 Å². The molecule has 0 N–H and O–H groups in total. The topological polar surface area (TPSA) is 53.1 Å². The quantitative estimate of drug-likeness (QED) is 0.574. The van der Waals surface area contributed by atoms with E-state index in [0.717, 1.165) is 43.5 Å². The number of fused-ring (bicyclic) bond motifs is 3. The number of amides is 2. The van der Waals surface area contributed by atoms with Crippen LogP contribution < -0.4 is 9.64 Å². The lowest BCUT2D eigenvalue weighted by atomic mass is 9.93. The van der Waals surface area contributed by atoms with E-state index in [4.69, 9.17) is 16.3 Å².